The second kappa shape index (κ2) is 12.9. The summed E-state index contributed by atoms with van der Waals surface area (Å²) in [5.41, 5.74) is 6.73. The summed E-state index contributed by atoms with van der Waals surface area (Å²) in [6.45, 7) is 2.60. The fourth-order valence-electron chi connectivity index (χ4n) is 2.67. The number of nitrogens with one attached hydrogen (secondary N) is 3. The van der Waals surface area contributed by atoms with Crippen molar-refractivity contribution in [3.8, 4) is 0 Å². The number of amides is 3. The first-order chi connectivity index (χ1) is 14.6. The van der Waals surface area contributed by atoms with Crippen molar-refractivity contribution in [1.29, 1.82) is 0 Å². The van der Waals surface area contributed by atoms with Crippen LogP contribution in [0.25, 0.3) is 0 Å². The number of carbonyl (C=O) groups excluding carboxylic acids is 3. The summed E-state index contributed by atoms with van der Waals surface area (Å²) >= 11 is 3.88. The number of rotatable bonds is 12. The Bertz CT molecular complexity index is 761. The molecule has 0 saturated carbocycles. The number of carboxylic acids is 1. The first-order valence-corrected chi connectivity index (χ1v) is 10.4. The third kappa shape index (κ3) is 8.56. The standard InChI is InChI=1S/C20H30N4O6S/c1-11(2)16(19(28)23-15(10-31)20(29)30)24-18(27)14(9-25)22-17(26)13(21)8-12-6-4-3-5-7-12/h3-7,11,13-16,25,31H,8-10,21H2,1-2H3,(H,22,26)(H,23,28)(H,24,27)(H,29,30). The molecule has 0 aromatic heterocycles. The molecule has 0 spiro atoms. The van der Waals surface area contributed by atoms with Crippen LogP contribution in [0.2, 0.25) is 0 Å². The van der Waals surface area contributed by atoms with E-state index in [0.717, 1.165) is 5.56 Å². The summed E-state index contributed by atoms with van der Waals surface area (Å²) in [6.07, 6.45) is 0.240. The van der Waals surface area contributed by atoms with E-state index >= 15 is 0 Å². The molecule has 0 bridgehead atoms. The lowest BCUT2D eigenvalue weighted by molar-refractivity contribution is -0.142. The summed E-state index contributed by atoms with van der Waals surface area (Å²) in [5.74, 6) is -3.93. The number of aliphatic carboxylic acids is 1. The zero-order valence-corrected chi connectivity index (χ0v) is 18.3. The monoisotopic (exact) mass is 454 g/mol. The Morgan fingerprint density at radius 3 is 2.03 bits per heavy atom. The minimum Gasteiger partial charge on any atom is -0.480 e. The molecule has 0 aliphatic carbocycles. The van der Waals surface area contributed by atoms with Crippen LogP contribution < -0.4 is 21.7 Å². The topological polar surface area (TPSA) is 171 Å². The highest BCUT2D eigenvalue weighted by Gasteiger charge is 2.31. The van der Waals surface area contributed by atoms with E-state index in [9.17, 15) is 24.3 Å². The Morgan fingerprint density at radius 2 is 1.55 bits per heavy atom. The van der Waals surface area contributed by atoms with E-state index in [1.54, 1.807) is 13.8 Å². The molecule has 0 aliphatic heterocycles. The van der Waals surface area contributed by atoms with Crippen molar-refractivity contribution in [2.45, 2.75) is 44.4 Å². The van der Waals surface area contributed by atoms with Gasteiger partial charge in [0.1, 0.15) is 18.1 Å². The van der Waals surface area contributed by atoms with E-state index < -0.39 is 60.4 Å². The van der Waals surface area contributed by atoms with E-state index in [0.29, 0.717) is 0 Å². The van der Waals surface area contributed by atoms with Crippen LogP contribution in [0.15, 0.2) is 30.3 Å². The van der Waals surface area contributed by atoms with Crippen LogP contribution >= 0.6 is 12.6 Å². The van der Waals surface area contributed by atoms with Gasteiger partial charge in [0.2, 0.25) is 17.7 Å². The van der Waals surface area contributed by atoms with Crippen molar-refractivity contribution in [3.05, 3.63) is 35.9 Å². The van der Waals surface area contributed by atoms with E-state index in [1.165, 1.54) is 0 Å². The van der Waals surface area contributed by atoms with Gasteiger partial charge in [-0.05, 0) is 17.9 Å². The Kier molecular flexibility index (Phi) is 11.0. The molecule has 0 heterocycles. The molecule has 1 rings (SSSR count). The zero-order chi connectivity index (χ0) is 23.6. The van der Waals surface area contributed by atoms with Crippen LogP contribution in [0.1, 0.15) is 19.4 Å². The molecular formula is C20H30N4O6S. The normalized spacial score (nSPS) is 14.8. The van der Waals surface area contributed by atoms with Crippen molar-refractivity contribution in [1.82, 2.24) is 16.0 Å². The zero-order valence-electron chi connectivity index (χ0n) is 17.4. The van der Waals surface area contributed by atoms with Crippen molar-refractivity contribution in [2.75, 3.05) is 12.4 Å². The highest BCUT2D eigenvalue weighted by Crippen LogP contribution is 2.05. The van der Waals surface area contributed by atoms with Gasteiger partial charge in [0.25, 0.3) is 0 Å². The summed E-state index contributed by atoms with van der Waals surface area (Å²) < 4.78 is 0. The van der Waals surface area contributed by atoms with E-state index in [-0.39, 0.29) is 12.2 Å². The van der Waals surface area contributed by atoms with Crippen molar-refractivity contribution < 1.29 is 29.4 Å². The molecule has 1 aromatic carbocycles. The number of hydrogen-bond donors (Lipinski definition) is 7. The van der Waals surface area contributed by atoms with Gasteiger partial charge in [0, 0.05) is 5.75 Å². The van der Waals surface area contributed by atoms with E-state index in [2.05, 4.69) is 28.6 Å². The van der Waals surface area contributed by atoms with Crippen molar-refractivity contribution >= 4 is 36.3 Å². The minimum atomic E-state index is -1.33. The van der Waals surface area contributed by atoms with Crippen LogP contribution in [-0.4, -0.2) is 70.4 Å². The molecular weight excluding hydrogens is 424 g/mol. The number of nitrogens with two attached hydrogens (primary N) is 1. The second-order valence-corrected chi connectivity index (χ2v) is 7.72. The summed E-state index contributed by atoms with van der Waals surface area (Å²) in [6, 6.07) is 4.49. The highest BCUT2D eigenvalue weighted by atomic mass is 32.1. The predicted octanol–water partition coefficient (Wildman–Crippen LogP) is -1.33. The molecule has 10 nitrogen and oxygen atoms in total. The van der Waals surface area contributed by atoms with Crippen LogP contribution in [0.5, 0.6) is 0 Å². The lowest BCUT2D eigenvalue weighted by Crippen LogP contribution is -2.59. The smallest absolute Gasteiger partial charge is 0.327 e. The number of aliphatic hydroxyl groups is 1. The minimum absolute atomic E-state index is 0.130. The number of thiol groups is 1. The molecule has 172 valence electrons. The second-order valence-electron chi connectivity index (χ2n) is 7.35. The molecule has 11 heteroatoms. The number of benzene rings is 1. The molecule has 7 N–H and O–H groups in total. The Labute approximate surface area is 186 Å². The average Bonchev–Trinajstić information content (AvgIpc) is 2.73. The SMILES string of the molecule is CC(C)C(NC(=O)C(CO)NC(=O)C(N)Cc1ccccc1)C(=O)NC(CS)C(=O)O. The van der Waals surface area contributed by atoms with E-state index in [4.69, 9.17) is 10.8 Å². The third-order valence-corrected chi connectivity index (χ3v) is 4.86. The van der Waals surface area contributed by atoms with Crippen LogP contribution in [-0.2, 0) is 25.6 Å². The van der Waals surface area contributed by atoms with Crippen LogP contribution in [0, 0.1) is 5.92 Å². The molecule has 0 radical (unpaired) electrons. The lowest BCUT2D eigenvalue weighted by atomic mass is 10.0. The predicted molar refractivity (Wildman–Crippen MR) is 117 cm³/mol. The van der Waals surface area contributed by atoms with Gasteiger partial charge in [-0.2, -0.15) is 12.6 Å². The fourth-order valence-corrected chi connectivity index (χ4v) is 2.92. The molecule has 4 unspecified atom stereocenters. The first-order valence-electron chi connectivity index (χ1n) is 9.75. The maximum Gasteiger partial charge on any atom is 0.327 e. The molecule has 4 atom stereocenters. The van der Waals surface area contributed by atoms with E-state index in [1.807, 2.05) is 30.3 Å². The maximum absolute atomic E-state index is 12.6. The fraction of sp³-hybridized carbons (Fsp3) is 0.500. The average molecular weight is 455 g/mol. The van der Waals surface area contributed by atoms with Gasteiger partial charge in [-0.1, -0.05) is 44.2 Å². The molecule has 0 aliphatic rings. The maximum atomic E-state index is 12.6. The Morgan fingerprint density at radius 1 is 0.968 bits per heavy atom. The van der Waals surface area contributed by atoms with Crippen LogP contribution in [0.3, 0.4) is 0 Å². The quantitative estimate of drug-likeness (QED) is 0.192. The number of carboxylic acid groups (broad SMARTS) is 1. The summed E-state index contributed by atoms with van der Waals surface area (Å²) in [7, 11) is 0. The number of hydrogen-bond acceptors (Lipinski definition) is 7. The lowest BCUT2D eigenvalue weighted by Gasteiger charge is -2.26. The van der Waals surface area contributed by atoms with Gasteiger partial charge >= 0.3 is 5.97 Å². The van der Waals surface area contributed by atoms with Gasteiger partial charge < -0.3 is 31.9 Å². The number of carbonyl (C=O) groups is 4. The Balaban J connectivity index is 2.76. The van der Waals surface area contributed by atoms with Crippen molar-refractivity contribution in [2.24, 2.45) is 11.7 Å². The molecule has 0 saturated heterocycles. The molecule has 0 fully saturated rings. The van der Waals surface area contributed by atoms with Gasteiger partial charge in [0.05, 0.1) is 12.6 Å². The van der Waals surface area contributed by atoms with Crippen LogP contribution in [0.4, 0.5) is 0 Å². The largest absolute Gasteiger partial charge is 0.480 e. The van der Waals surface area contributed by atoms with Gasteiger partial charge in [-0.3, -0.25) is 14.4 Å². The molecule has 1 aromatic rings. The molecule has 31 heavy (non-hydrogen) atoms. The first kappa shape index (κ1) is 26.4. The van der Waals surface area contributed by atoms with Crippen molar-refractivity contribution in [3.63, 3.8) is 0 Å². The van der Waals surface area contributed by atoms with Gasteiger partial charge in [-0.25, -0.2) is 4.79 Å². The summed E-state index contributed by atoms with van der Waals surface area (Å²) in [5, 5.41) is 25.7. The molecule has 3 amide bonds. The van der Waals surface area contributed by atoms with Gasteiger partial charge in [-0.15, -0.1) is 0 Å². The Hall–Kier alpha value is -2.63. The van der Waals surface area contributed by atoms with Gasteiger partial charge in [0.15, 0.2) is 0 Å². The highest BCUT2D eigenvalue weighted by molar-refractivity contribution is 7.80. The third-order valence-electron chi connectivity index (χ3n) is 4.49. The number of aliphatic hydroxyl groups excluding tert-OH is 1. The summed E-state index contributed by atoms with van der Waals surface area (Å²) in [4.78, 5) is 48.5.